The fourth-order valence-electron chi connectivity index (χ4n) is 4.13. The molecule has 5 rings (SSSR count). The number of nitrogens with one attached hydrogen (secondary N) is 1. The lowest BCUT2D eigenvalue weighted by atomic mass is 10.1. The Labute approximate surface area is 219 Å². The number of fused-ring (bicyclic) bond motifs is 2. The molecule has 0 saturated carbocycles. The van der Waals surface area contributed by atoms with E-state index in [1.54, 1.807) is 13.3 Å². The number of hydrogen-bond donors (Lipinski definition) is 2. The van der Waals surface area contributed by atoms with Crippen LogP contribution >= 0.6 is 0 Å². The summed E-state index contributed by atoms with van der Waals surface area (Å²) >= 11 is 0. The third-order valence-electron chi connectivity index (χ3n) is 6.07. The summed E-state index contributed by atoms with van der Waals surface area (Å²) < 4.78 is 12.2. The van der Waals surface area contributed by atoms with Crippen molar-refractivity contribution in [3.8, 4) is 11.5 Å². The van der Waals surface area contributed by atoms with E-state index in [1.807, 2.05) is 79.7 Å². The minimum Gasteiger partial charge on any atom is -0.497 e. The molecule has 9 heteroatoms. The average molecular weight is 509 g/mol. The molecule has 2 aromatic heterocycles. The highest BCUT2D eigenvalue weighted by Gasteiger charge is 2.24. The van der Waals surface area contributed by atoms with E-state index < -0.39 is 0 Å². The number of hydrogen-bond acceptors (Lipinski definition) is 7. The predicted octanol–water partition coefficient (Wildman–Crippen LogP) is 4.43. The molecule has 0 saturated heterocycles. The second-order valence-electron chi connectivity index (χ2n) is 8.56. The zero-order chi connectivity index (χ0) is 26.5. The number of benzene rings is 3. The van der Waals surface area contributed by atoms with Gasteiger partial charge in [-0.1, -0.05) is 24.3 Å². The number of ether oxygens (including phenoxy) is 2. The first-order chi connectivity index (χ1) is 18.6. The summed E-state index contributed by atoms with van der Waals surface area (Å²) in [4.78, 5) is 22.8. The van der Waals surface area contributed by atoms with Crippen molar-refractivity contribution in [1.82, 2.24) is 20.0 Å². The lowest BCUT2D eigenvalue weighted by molar-refractivity contribution is 0.0956. The van der Waals surface area contributed by atoms with Crippen LogP contribution in [0.4, 0.5) is 5.82 Å². The number of amides is 1. The number of aromatic nitrogens is 3. The molecule has 3 N–H and O–H groups in total. The molecule has 0 aliphatic rings. The van der Waals surface area contributed by atoms with Crippen molar-refractivity contribution in [2.75, 3.05) is 26.0 Å². The Bertz CT molecular complexity index is 1610. The number of nitrogens with two attached hydrogens (primary N) is 1. The summed E-state index contributed by atoms with van der Waals surface area (Å²) in [6, 6.07) is 22.7. The molecule has 0 bridgehead atoms. The molecular weight excluding hydrogens is 480 g/mol. The van der Waals surface area contributed by atoms with Crippen molar-refractivity contribution < 1.29 is 14.3 Å². The molecule has 0 fully saturated rings. The second-order valence-corrected chi connectivity index (χ2v) is 8.56. The third kappa shape index (κ3) is 5.12. The van der Waals surface area contributed by atoms with Gasteiger partial charge in [-0.05, 0) is 73.0 Å². The van der Waals surface area contributed by atoms with Gasteiger partial charge in [-0.25, -0.2) is 9.97 Å². The van der Waals surface area contributed by atoms with Crippen molar-refractivity contribution >= 4 is 40.1 Å². The first-order valence-corrected chi connectivity index (χ1v) is 12.3. The Morgan fingerprint density at radius 2 is 1.68 bits per heavy atom. The van der Waals surface area contributed by atoms with Crippen LogP contribution in [0.3, 0.4) is 0 Å². The molecule has 0 aliphatic heterocycles. The number of nitrogens with zero attached hydrogens (tertiary/aromatic N) is 4. The first kappa shape index (κ1) is 24.8. The summed E-state index contributed by atoms with van der Waals surface area (Å²) in [6.07, 6.45) is 2.31. The third-order valence-corrected chi connectivity index (χ3v) is 6.07. The maximum Gasteiger partial charge on any atom is 0.257 e. The molecule has 0 aliphatic carbocycles. The highest BCUT2D eigenvalue weighted by molar-refractivity contribution is 6.10. The van der Waals surface area contributed by atoms with E-state index in [-0.39, 0.29) is 17.3 Å². The lowest BCUT2D eigenvalue weighted by Crippen LogP contribution is -2.26. The highest BCUT2D eigenvalue weighted by Crippen LogP contribution is 2.28. The van der Waals surface area contributed by atoms with Gasteiger partial charge in [0.05, 0.1) is 31.0 Å². The van der Waals surface area contributed by atoms with Gasteiger partial charge < -0.3 is 20.5 Å². The van der Waals surface area contributed by atoms with Crippen LogP contribution in [0.15, 0.2) is 77.9 Å². The molecule has 1 amide bonds. The smallest absolute Gasteiger partial charge is 0.257 e. The predicted molar refractivity (Wildman–Crippen MR) is 149 cm³/mol. The number of nitrogen functional groups attached to an aromatic ring is 1. The van der Waals surface area contributed by atoms with Gasteiger partial charge in [-0.15, -0.1) is 0 Å². The fourth-order valence-corrected chi connectivity index (χ4v) is 4.13. The van der Waals surface area contributed by atoms with Gasteiger partial charge >= 0.3 is 0 Å². The van der Waals surface area contributed by atoms with Crippen LogP contribution in [-0.4, -0.2) is 47.0 Å². The second kappa shape index (κ2) is 11.0. The number of anilines is 1. The van der Waals surface area contributed by atoms with Gasteiger partial charge in [-0.2, -0.15) is 9.78 Å². The monoisotopic (exact) mass is 508 g/mol. The van der Waals surface area contributed by atoms with Crippen LogP contribution in [0.1, 0.15) is 28.4 Å². The minimum absolute atomic E-state index is 0.166. The molecule has 0 spiro atoms. The lowest BCUT2D eigenvalue weighted by Gasteiger charge is -2.06. The number of methoxy groups -OCH3 is 1. The quantitative estimate of drug-likeness (QED) is 0.285. The maximum absolute atomic E-state index is 13.3. The molecule has 3 aromatic carbocycles. The Kier molecular flexibility index (Phi) is 7.17. The standard InChI is InChI=1S/C29H28N6O3/c1-3-38-22-14-10-20(11-15-22)18-32-35-27(30)25(26-28(35)34-24-7-5-4-6-23(24)33-26)29(36)31-17-16-19-8-12-21(37-2)13-9-19/h4-15,18H,3,16-17,30H2,1-2H3,(H,31,36)/b32-18-. The van der Waals surface area contributed by atoms with E-state index in [1.165, 1.54) is 4.68 Å². The van der Waals surface area contributed by atoms with E-state index in [9.17, 15) is 4.79 Å². The summed E-state index contributed by atoms with van der Waals surface area (Å²) in [6.45, 7) is 2.96. The van der Waals surface area contributed by atoms with E-state index >= 15 is 0 Å². The van der Waals surface area contributed by atoms with Crippen molar-refractivity contribution in [3.63, 3.8) is 0 Å². The van der Waals surface area contributed by atoms with Crippen LogP contribution in [0.2, 0.25) is 0 Å². The van der Waals surface area contributed by atoms with Crippen LogP contribution in [-0.2, 0) is 6.42 Å². The average Bonchev–Trinajstić information content (AvgIpc) is 3.21. The number of carbonyl (C=O) groups excluding carboxylic acids is 1. The summed E-state index contributed by atoms with van der Waals surface area (Å²) in [7, 11) is 1.63. The van der Waals surface area contributed by atoms with Crippen molar-refractivity contribution in [2.45, 2.75) is 13.3 Å². The molecule has 0 radical (unpaired) electrons. The van der Waals surface area contributed by atoms with Gasteiger partial charge in [0.1, 0.15) is 28.4 Å². The molecule has 38 heavy (non-hydrogen) atoms. The Morgan fingerprint density at radius 3 is 2.37 bits per heavy atom. The zero-order valence-corrected chi connectivity index (χ0v) is 21.2. The largest absolute Gasteiger partial charge is 0.497 e. The van der Waals surface area contributed by atoms with E-state index in [0.717, 1.165) is 22.6 Å². The number of rotatable bonds is 9. The summed E-state index contributed by atoms with van der Waals surface area (Å²) in [5.74, 6) is 1.40. The first-order valence-electron chi connectivity index (χ1n) is 12.3. The molecule has 9 nitrogen and oxygen atoms in total. The molecule has 0 unspecified atom stereocenters. The fraction of sp³-hybridized carbons (Fsp3) is 0.172. The van der Waals surface area contributed by atoms with Gasteiger partial charge in [0.25, 0.3) is 5.91 Å². The van der Waals surface area contributed by atoms with Gasteiger partial charge in [0.15, 0.2) is 5.65 Å². The topological polar surface area (TPSA) is 117 Å². The summed E-state index contributed by atoms with van der Waals surface area (Å²) in [5, 5.41) is 7.53. The van der Waals surface area contributed by atoms with Crippen molar-refractivity contribution in [1.29, 1.82) is 0 Å². The Hall–Kier alpha value is -4.92. The van der Waals surface area contributed by atoms with Crippen LogP contribution < -0.4 is 20.5 Å². The maximum atomic E-state index is 13.3. The van der Waals surface area contributed by atoms with Crippen LogP contribution in [0.5, 0.6) is 11.5 Å². The normalized spacial score (nSPS) is 11.3. The zero-order valence-electron chi connectivity index (χ0n) is 21.2. The van der Waals surface area contributed by atoms with Gasteiger partial charge in [-0.3, -0.25) is 4.79 Å². The Balaban J connectivity index is 1.46. The van der Waals surface area contributed by atoms with E-state index in [4.69, 9.17) is 25.2 Å². The number of para-hydroxylation sites is 2. The van der Waals surface area contributed by atoms with Crippen molar-refractivity contribution in [3.05, 3.63) is 89.5 Å². The molecule has 192 valence electrons. The van der Waals surface area contributed by atoms with E-state index in [2.05, 4.69) is 10.4 Å². The van der Waals surface area contributed by atoms with Gasteiger partial charge in [0, 0.05) is 6.54 Å². The highest BCUT2D eigenvalue weighted by atomic mass is 16.5. The van der Waals surface area contributed by atoms with Crippen molar-refractivity contribution in [2.24, 2.45) is 5.10 Å². The van der Waals surface area contributed by atoms with Crippen LogP contribution in [0.25, 0.3) is 22.2 Å². The van der Waals surface area contributed by atoms with E-state index in [0.29, 0.717) is 41.8 Å². The minimum atomic E-state index is -0.333. The van der Waals surface area contributed by atoms with Crippen LogP contribution in [0, 0.1) is 0 Å². The molecule has 2 heterocycles. The number of carbonyl (C=O) groups is 1. The molecule has 5 aromatic rings. The SMILES string of the molecule is CCOc1ccc(/C=N\n2c(N)c(C(=O)NCCc3ccc(OC)cc3)c3nc4ccccc4nc32)cc1. The molecule has 0 atom stereocenters. The Morgan fingerprint density at radius 1 is 1.00 bits per heavy atom. The molecular formula is C29H28N6O3. The summed E-state index contributed by atoms with van der Waals surface area (Å²) in [5.41, 5.74) is 10.8. The van der Waals surface area contributed by atoms with Gasteiger partial charge in [0.2, 0.25) is 0 Å².